The lowest BCUT2D eigenvalue weighted by Gasteiger charge is -2.37. The lowest BCUT2D eigenvalue weighted by molar-refractivity contribution is -0.113. The van der Waals surface area contributed by atoms with Crippen molar-refractivity contribution in [3.63, 3.8) is 0 Å². The summed E-state index contributed by atoms with van der Waals surface area (Å²) in [5.41, 5.74) is 3.31. The van der Waals surface area contributed by atoms with E-state index in [-0.39, 0.29) is 11.9 Å². The maximum absolute atomic E-state index is 13.3. The molecule has 1 saturated carbocycles. The molecule has 1 aromatic heterocycles. The van der Waals surface area contributed by atoms with E-state index in [9.17, 15) is 4.79 Å². The number of carbonyl (C=O) groups is 1. The van der Waals surface area contributed by atoms with Crippen LogP contribution in [-0.2, 0) is 4.79 Å². The average molecular weight is 400 g/mol. The van der Waals surface area contributed by atoms with Crippen molar-refractivity contribution in [1.82, 2.24) is 10.2 Å². The Morgan fingerprint density at radius 2 is 2.11 bits per heavy atom. The molecule has 1 aliphatic heterocycles. The number of amides is 1. The molecule has 1 amide bonds. The molecule has 1 atom stereocenters. The molecule has 1 aromatic carbocycles. The third-order valence-corrected chi connectivity index (χ3v) is 5.93. The van der Waals surface area contributed by atoms with E-state index < -0.39 is 0 Å². The van der Waals surface area contributed by atoms with Gasteiger partial charge in [-0.25, -0.2) is 0 Å². The second-order valence-electron chi connectivity index (χ2n) is 6.69. The lowest BCUT2D eigenvalue weighted by Crippen LogP contribution is -2.49. The minimum Gasteiger partial charge on any atom is -0.495 e. The lowest BCUT2D eigenvalue weighted by atomic mass is 9.96. The Hall–Kier alpha value is -2.38. The van der Waals surface area contributed by atoms with Crippen molar-refractivity contribution in [2.24, 2.45) is 0 Å². The number of anilines is 1. The number of nitrogens with zero attached hydrogens (tertiary/aromatic N) is 1. The highest BCUT2D eigenvalue weighted by Gasteiger charge is 2.40. The molecule has 140 valence electrons. The Morgan fingerprint density at radius 3 is 2.78 bits per heavy atom. The second-order valence-corrected chi connectivity index (χ2v) is 7.86. The van der Waals surface area contributed by atoms with E-state index in [0.717, 1.165) is 24.1 Å². The number of carbonyl (C=O) groups excluding carboxylic acids is 1. The number of benzene rings is 1. The van der Waals surface area contributed by atoms with Crippen LogP contribution >= 0.6 is 23.6 Å². The number of thiophene rings is 1. The van der Waals surface area contributed by atoms with Gasteiger partial charge in [0.2, 0.25) is 0 Å². The van der Waals surface area contributed by atoms with Gasteiger partial charge < -0.3 is 20.3 Å². The second kappa shape index (κ2) is 7.32. The van der Waals surface area contributed by atoms with Crippen molar-refractivity contribution >= 4 is 40.3 Å². The smallest absolute Gasteiger partial charge is 0.255 e. The minimum atomic E-state index is -0.256. The molecule has 4 rings (SSSR count). The predicted octanol–water partition coefficient (Wildman–Crippen LogP) is 4.06. The van der Waals surface area contributed by atoms with Crippen LogP contribution in [-0.4, -0.2) is 29.1 Å². The number of thiocarbonyl (C=S) groups is 1. The van der Waals surface area contributed by atoms with Gasteiger partial charge >= 0.3 is 0 Å². The van der Waals surface area contributed by atoms with Crippen LogP contribution in [0.4, 0.5) is 5.69 Å². The van der Waals surface area contributed by atoms with E-state index in [2.05, 4.69) is 20.9 Å². The fourth-order valence-corrected chi connectivity index (χ4v) is 4.54. The largest absolute Gasteiger partial charge is 0.495 e. The summed E-state index contributed by atoms with van der Waals surface area (Å²) in [5, 5.41) is 11.2. The van der Waals surface area contributed by atoms with Gasteiger partial charge in [0.15, 0.2) is 5.11 Å². The summed E-state index contributed by atoms with van der Waals surface area (Å²) in [7, 11) is 1.60. The molecule has 0 saturated heterocycles. The van der Waals surface area contributed by atoms with Crippen molar-refractivity contribution in [1.29, 1.82) is 0 Å². The zero-order valence-corrected chi connectivity index (χ0v) is 16.8. The molecule has 1 fully saturated rings. The molecule has 0 bridgehead atoms. The number of rotatable bonds is 5. The Balaban J connectivity index is 1.72. The number of methoxy groups -OCH3 is 1. The Morgan fingerprint density at radius 1 is 1.33 bits per heavy atom. The first-order chi connectivity index (χ1) is 13.1. The summed E-state index contributed by atoms with van der Waals surface area (Å²) in [5.74, 6) is 0.489. The number of allylic oxidation sites excluding steroid dienone is 1. The van der Waals surface area contributed by atoms with Crippen LogP contribution in [0, 0.1) is 0 Å². The van der Waals surface area contributed by atoms with E-state index in [0.29, 0.717) is 28.2 Å². The normalized spacial score (nSPS) is 19.7. The first-order valence-corrected chi connectivity index (χ1v) is 10.2. The van der Waals surface area contributed by atoms with Gasteiger partial charge in [0.25, 0.3) is 5.91 Å². The van der Waals surface area contributed by atoms with Crippen LogP contribution < -0.4 is 15.4 Å². The van der Waals surface area contributed by atoms with Crippen molar-refractivity contribution in [3.05, 3.63) is 57.9 Å². The van der Waals surface area contributed by atoms with Crippen LogP contribution in [0.15, 0.2) is 52.4 Å². The maximum atomic E-state index is 13.3. The zero-order valence-electron chi connectivity index (χ0n) is 15.2. The van der Waals surface area contributed by atoms with Crippen molar-refractivity contribution in [2.45, 2.75) is 31.8 Å². The van der Waals surface area contributed by atoms with E-state index in [4.69, 9.17) is 17.0 Å². The average Bonchev–Trinajstić information content (AvgIpc) is 3.33. The molecular formula is C20H21N3O2S2. The van der Waals surface area contributed by atoms with Crippen molar-refractivity contribution < 1.29 is 9.53 Å². The monoisotopic (exact) mass is 399 g/mol. The molecule has 2 heterocycles. The molecular weight excluding hydrogens is 378 g/mol. The molecule has 27 heavy (non-hydrogen) atoms. The minimum absolute atomic E-state index is 0.145. The van der Waals surface area contributed by atoms with Crippen LogP contribution in [0.25, 0.3) is 0 Å². The van der Waals surface area contributed by atoms with Gasteiger partial charge in [-0.2, -0.15) is 11.3 Å². The van der Waals surface area contributed by atoms with E-state index in [1.54, 1.807) is 18.4 Å². The van der Waals surface area contributed by atoms with Crippen LogP contribution in [0.2, 0.25) is 0 Å². The number of ether oxygens (including phenoxy) is 1. The summed E-state index contributed by atoms with van der Waals surface area (Å²) in [6.07, 6.45) is 2.20. The topological polar surface area (TPSA) is 53.6 Å². The van der Waals surface area contributed by atoms with Gasteiger partial charge in [0, 0.05) is 11.7 Å². The van der Waals surface area contributed by atoms with E-state index in [1.165, 1.54) is 0 Å². The molecule has 2 aliphatic rings. The third kappa shape index (κ3) is 3.44. The highest BCUT2D eigenvalue weighted by Crippen LogP contribution is 2.38. The molecule has 1 aliphatic carbocycles. The summed E-state index contributed by atoms with van der Waals surface area (Å²) in [6, 6.07) is 9.59. The first-order valence-electron chi connectivity index (χ1n) is 8.87. The fraction of sp³-hybridized carbons (Fsp3) is 0.300. The number of hydrogen-bond acceptors (Lipinski definition) is 4. The van der Waals surface area contributed by atoms with Gasteiger partial charge in [0.1, 0.15) is 5.75 Å². The Kier molecular flexibility index (Phi) is 4.88. The Bertz CT molecular complexity index is 904. The van der Waals surface area contributed by atoms with Gasteiger partial charge in [-0.1, -0.05) is 12.1 Å². The molecule has 7 heteroatoms. The van der Waals surface area contributed by atoms with Gasteiger partial charge in [-0.3, -0.25) is 4.79 Å². The maximum Gasteiger partial charge on any atom is 0.255 e. The number of hydrogen-bond donors (Lipinski definition) is 2. The molecule has 2 N–H and O–H groups in total. The SMILES string of the molecule is COc1ccccc1NC(=O)C1=C(C)N(C2CC2)C(=S)N[C@H]1c1ccsc1. The summed E-state index contributed by atoms with van der Waals surface area (Å²) >= 11 is 7.22. The zero-order chi connectivity index (χ0) is 19.0. The first kappa shape index (κ1) is 18.0. The van der Waals surface area contributed by atoms with Crippen molar-refractivity contribution in [2.75, 3.05) is 12.4 Å². The quantitative estimate of drug-likeness (QED) is 0.743. The van der Waals surface area contributed by atoms with E-state index in [1.807, 2.05) is 42.6 Å². The third-order valence-electron chi connectivity index (χ3n) is 4.91. The van der Waals surface area contributed by atoms with Crippen LogP contribution in [0.5, 0.6) is 5.75 Å². The molecule has 2 aromatic rings. The standard InChI is InChI=1S/C20H21N3O2S2/c1-12-17(19(24)21-15-5-3-4-6-16(15)25-2)18(13-9-10-27-11-13)22-20(26)23(12)14-7-8-14/h3-6,9-11,14,18H,7-8H2,1-2H3,(H,21,24)(H,22,26)/t18-/m0/s1. The van der Waals surface area contributed by atoms with Crippen LogP contribution in [0.1, 0.15) is 31.4 Å². The van der Waals surface area contributed by atoms with Crippen molar-refractivity contribution in [3.8, 4) is 5.75 Å². The molecule has 0 unspecified atom stereocenters. The highest BCUT2D eigenvalue weighted by molar-refractivity contribution is 7.80. The predicted molar refractivity (Wildman–Crippen MR) is 112 cm³/mol. The molecule has 0 radical (unpaired) electrons. The highest BCUT2D eigenvalue weighted by atomic mass is 32.1. The van der Waals surface area contributed by atoms with Gasteiger partial charge in [0.05, 0.1) is 24.4 Å². The summed E-state index contributed by atoms with van der Waals surface area (Å²) in [4.78, 5) is 15.4. The van der Waals surface area contributed by atoms with Gasteiger partial charge in [-0.05, 0) is 66.5 Å². The van der Waals surface area contributed by atoms with E-state index >= 15 is 0 Å². The summed E-state index contributed by atoms with van der Waals surface area (Å²) in [6.45, 7) is 1.99. The fourth-order valence-electron chi connectivity index (χ4n) is 3.45. The Labute approximate surface area is 168 Å². The number of para-hydroxylation sites is 2. The number of nitrogens with one attached hydrogen (secondary N) is 2. The molecule has 0 spiro atoms. The summed E-state index contributed by atoms with van der Waals surface area (Å²) < 4.78 is 5.37. The molecule has 5 nitrogen and oxygen atoms in total. The van der Waals surface area contributed by atoms with Gasteiger partial charge in [-0.15, -0.1) is 0 Å². The van der Waals surface area contributed by atoms with Crippen LogP contribution in [0.3, 0.4) is 0 Å².